The molecule has 6 nitrogen and oxygen atoms in total. The molecular formula is C20H24N4O2S. The van der Waals surface area contributed by atoms with Gasteiger partial charge in [0.15, 0.2) is 0 Å². The normalized spacial score (nSPS) is 18.1. The summed E-state index contributed by atoms with van der Waals surface area (Å²) in [4.78, 5) is 11.8. The number of pyridine rings is 1. The van der Waals surface area contributed by atoms with E-state index in [1.807, 2.05) is 31.5 Å². The second kappa shape index (κ2) is 7.88. The second-order valence-electron chi connectivity index (χ2n) is 7.10. The summed E-state index contributed by atoms with van der Waals surface area (Å²) in [5.41, 5.74) is 4.38. The summed E-state index contributed by atoms with van der Waals surface area (Å²) in [6.45, 7) is 6.74. The Morgan fingerprint density at radius 2 is 2.22 bits per heavy atom. The minimum absolute atomic E-state index is 0.0481. The monoisotopic (exact) mass is 384 g/mol. The van der Waals surface area contributed by atoms with Crippen LogP contribution >= 0.6 is 11.3 Å². The summed E-state index contributed by atoms with van der Waals surface area (Å²) in [7, 11) is 0. The van der Waals surface area contributed by atoms with E-state index in [4.69, 9.17) is 9.51 Å². The Morgan fingerprint density at radius 1 is 1.33 bits per heavy atom. The maximum absolute atomic E-state index is 9.78. The molecule has 1 fully saturated rings. The molecule has 3 aromatic rings. The van der Waals surface area contributed by atoms with Crippen LogP contribution in [0.15, 0.2) is 28.2 Å². The molecule has 7 heteroatoms. The zero-order chi connectivity index (χ0) is 18.8. The number of thiazole rings is 1. The zero-order valence-electron chi connectivity index (χ0n) is 15.7. The number of aliphatic hydroxyl groups excluding tert-OH is 1. The molecule has 3 aromatic heterocycles. The van der Waals surface area contributed by atoms with Crippen LogP contribution in [0.3, 0.4) is 0 Å². The van der Waals surface area contributed by atoms with Crippen molar-refractivity contribution in [2.45, 2.75) is 45.8 Å². The number of rotatable bonds is 5. The average Bonchev–Trinajstić information content (AvgIpc) is 3.31. The van der Waals surface area contributed by atoms with Gasteiger partial charge in [-0.05, 0) is 39.3 Å². The molecular weight excluding hydrogens is 360 g/mol. The third-order valence-electron chi connectivity index (χ3n) is 5.21. The van der Waals surface area contributed by atoms with E-state index in [1.165, 1.54) is 0 Å². The highest BCUT2D eigenvalue weighted by molar-refractivity contribution is 7.09. The molecule has 0 radical (unpaired) electrons. The molecule has 1 atom stereocenters. The maximum atomic E-state index is 9.78. The molecule has 4 rings (SSSR count). The second-order valence-corrected chi connectivity index (χ2v) is 8.08. The standard InChI is InChI=1S/C20H24N4O2S/c1-13-19(14(2)26-23-13)20-16(12-25)5-6-17(22-20)15-4-3-8-24(10-15)11-18-21-7-9-27-18/h5-7,9,15,25H,3-4,8,10-12H2,1-2H3/t15-/m1/s1. The Balaban J connectivity index is 1.61. The molecule has 0 aromatic carbocycles. The summed E-state index contributed by atoms with van der Waals surface area (Å²) in [5.74, 6) is 1.12. The molecule has 142 valence electrons. The fourth-order valence-corrected chi connectivity index (χ4v) is 4.52. The highest BCUT2D eigenvalue weighted by Crippen LogP contribution is 2.32. The lowest BCUT2D eigenvalue weighted by atomic mass is 9.93. The van der Waals surface area contributed by atoms with Gasteiger partial charge in [0.2, 0.25) is 0 Å². The fourth-order valence-electron chi connectivity index (χ4n) is 3.86. The molecule has 1 aliphatic heterocycles. The summed E-state index contributed by atoms with van der Waals surface area (Å²) < 4.78 is 5.32. The van der Waals surface area contributed by atoms with Gasteiger partial charge in [-0.3, -0.25) is 9.88 Å². The summed E-state index contributed by atoms with van der Waals surface area (Å²) in [6, 6.07) is 4.05. The van der Waals surface area contributed by atoms with E-state index in [0.717, 1.165) is 71.5 Å². The minimum atomic E-state index is -0.0481. The van der Waals surface area contributed by atoms with Crippen LogP contribution < -0.4 is 0 Å². The first-order valence-electron chi connectivity index (χ1n) is 9.30. The van der Waals surface area contributed by atoms with E-state index < -0.39 is 0 Å². The van der Waals surface area contributed by atoms with E-state index in [9.17, 15) is 5.11 Å². The first-order chi connectivity index (χ1) is 13.2. The molecule has 0 bridgehead atoms. The van der Waals surface area contributed by atoms with Crippen LogP contribution in [-0.2, 0) is 13.2 Å². The Morgan fingerprint density at radius 3 is 2.93 bits per heavy atom. The molecule has 1 aliphatic rings. The van der Waals surface area contributed by atoms with Gasteiger partial charge < -0.3 is 9.63 Å². The van der Waals surface area contributed by atoms with Gasteiger partial charge in [0.05, 0.1) is 30.1 Å². The van der Waals surface area contributed by atoms with Crippen LogP contribution in [-0.4, -0.2) is 38.2 Å². The minimum Gasteiger partial charge on any atom is -0.392 e. The van der Waals surface area contributed by atoms with E-state index in [2.05, 4.69) is 21.1 Å². The Kier molecular flexibility index (Phi) is 5.33. The van der Waals surface area contributed by atoms with Crippen LogP contribution in [0.25, 0.3) is 11.3 Å². The zero-order valence-corrected chi connectivity index (χ0v) is 16.5. The van der Waals surface area contributed by atoms with E-state index in [0.29, 0.717) is 5.92 Å². The van der Waals surface area contributed by atoms with Gasteiger partial charge in [-0.2, -0.15) is 0 Å². The fraction of sp³-hybridized carbons (Fsp3) is 0.450. The summed E-state index contributed by atoms with van der Waals surface area (Å²) >= 11 is 1.71. The van der Waals surface area contributed by atoms with Crippen molar-refractivity contribution in [2.24, 2.45) is 0 Å². The number of piperidine rings is 1. The number of aromatic nitrogens is 3. The molecule has 1 saturated heterocycles. The lowest BCUT2D eigenvalue weighted by molar-refractivity contribution is 0.198. The molecule has 0 unspecified atom stereocenters. The van der Waals surface area contributed by atoms with Crippen molar-refractivity contribution in [1.29, 1.82) is 0 Å². The van der Waals surface area contributed by atoms with Crippen LogP contribution in [0.5, 0.6) is 0 Å². The molecule has 0 aliphatic carbocycles. The predicted molar refractivity (Wildman–Crippen MR) is 104 cm³/mol. The number of likely N-dealkylation sites (tertiary alicyclic amines) is 1. The highest BCUT2D eigenvalue weighted by atomic mass is 32.1. The van der Waals surface area contributed by atoms with Crippen molar-refractivity contribution in [2.75, 3.05) is 13.1 Å². The van der Waals surface area contributed by atoms with Crippen molar-refractivity contribution >= 4 is 11.3 Å². The molecule has 4 heterocycles. The lowest BCUT2D eigenvalue weighted by Gasteiger charge is -2.32. The summed E-state index contributed by atoms with van der Waals surface area (Å²) in [5, 5.41) is 17.0. The van der Waals surface area contributed by atoms with E-state index in [1.54, 1.807) is 11.3 Å². The van der Waals surface area contributed by atoms with Crippen molar-refractivity contribution < 1.29 is 9.63 Å². The predicted octanol–water partition coefficient (Wildman–Crippen LogP) is 3.68. The quantitative estimate of drug-likeness (QED) is 0.723. The van der Waals surface area contributed by atoms with Crippen LogP contribution in [0.2, 0.25) is 0 Å². The third-order valence-corrected chi connectivity index (χ3v) is 5.97. The maximum Gasteiger partial charge on any atom is 0.143 e. The van der Waals surface area contributed by atoms with Crippen LogP contribution in [0, 0.1) is 13.8 Å². The Labute approximate surface area is 162 Å². The van der Waals surface area contributed by atoms with Gasteiger partial charge >= 0.3 is 0 Å². The molecule has 0 amide bonds. The first-order valence-corrected chi connectivity index (χ1v) is 10.2. The van der Waals surface area contributed by atoms with Crippen LogP contribution in [0.1, 0.15) is 46.5 Å². The van der Waals surface area contributed by atoms with Gasteiger partial charge in [-0.1, -0.05) is 11.2 Å². The van der Waals surface area contributed by atoms with Gasteiger partial charge in [-0.15, -0.1) is 11.3 Å². The van der Waals surface area contributed by atoms with Gasteiger partial charge in [0.25, 0.3) is 0 Å². The summed E-state index contributed by atoms with van der Waals surface area (Å²) in [6.07, 6.45) is 4.15. The van der Waals surface area contributed by atoms with E-state index in [-0.39, 0.29) is 6.61 Å². The third kappa shape index (κ3) is 3.81. The number of nitrogens with zero attached hydrogens (tertiary/aromatic N) is 4. The highest BCUT2D eigenvalue weighted by Gasteiger charge is 2.25. The largest absolute Gasteiger partial charge is 0.392 e. The number of hydrogen-bond donors (Lipinski definition) is 1. The van der Waals surface area contributed by atoms with Crippen molar-refractivity contribution in [3.63, 3.8) is 0 Å². The number of hydrogen-bond acceptors (Lipinski definition) is 7. The number of aliphatic hydroxyl groups is 1. The van der Waals surface area contributed by atoms with E-state index >= 15 is 0 Å². The van der Waals surface area contributed by atoms with Gasteiger partial charge in [-0.25, -0.2) is 4.98 Å². The average molecular weight is 385 g/mol. The molecule has 1 N–H and O–H groups in total. The first kappa shape index (κ1) is 18.3. The Hall–Kier alpha value is -2.09. The number of aryl methyl sites for hydroxylation is 2. The van der Waals surface area contributed by atoms with Crippen LogP contribution in [0.4, 0.5) is 0 Å². The van der Waals surface area contributed by atoms with Gasteiger partial charge in [0, 0.05) is 35.3 Å². The smallest absolute Gasteiger partial charge is 0.143 e. The molecule has 0 spiro atoms. The molecule has 0 saturated carbocycles. The van der Waals surface area contributed by atoms with Crippen molar-refractivity contribution in [1.82, 2.24) is 20.0 Å². The Bertz CT molecular complexity index is 887. The van der Waals surface area contributed by atoms with Crippen molar-refractivity contribution in [3.05, 3.63) is 51.4 Å². The van der Waals surface area contributed by atoms with Gasteiger partial charge in [0.1, 0.15) is 10.8 Å². The van der Waals surface area contributed by atoms with Crippen molar-refractivity contribution in [3.8, 4) is 11.3 Å². The SMILES string of the molecule is Cc1noc(C)c1-c1nc([C@@H]2CCCN(Cc3nccs3)C2)ccc1CO. The lowest BCUT2D eigenvalue weighted by Crippen LogP contribution is -2.34. The topological polar surface area (TPSA) is 75.3 Å². The molecule has 27 heavy (non-hydrogen) atoms.